The van der Waals surface area contributed by atoms with Crippen LogP contribution in [0.25, 0.3) is 0 Å². The highest BCUT2D eigenvalue weighted by molar-refractivity contribution is 7.12. The summed E-state index contributed by atoms with van der Waals surface area (Å²) in [5.74, 6) is 0.634. The highest BCUT2D eigenvalue weighted by atomic mass is 32.1. The van der Waals surface area contributed by atoms with Crippen LogP contribution in [-0.2, 0) is 13.1 Å². The van der Waals surface area contributed by atoms with Crippen LogP contribution in [0.5, 0.6) is 5.75 Å². The van der Waals surface area contributed by atoms with Crippen molar-refractivity contribution in [2.75, 3.05) is 7.11 Å². The number of benzene rings is 1. The van der Waals surface area contributed by atoms with Gasteiger partial charge in [-0.2, -0.15) is 5.26 Å². The fourth-order valence-electron chi connectivity index (χ4n) is 2.00. The predicted molar refractivity (Wildman–Crippen MR) is 82.0 cm³/mol. The van der Waals surface area contributed by atoms with Gasteiger partial charge >= 0.3 is 0 Å². The van der Waals surface area contributed by atoms with Gasteiger partial charge < -0.3 is 10.1 Å². The van der Waals surface area contributed by atoms with E-state index in [2.05, 4.69) is 31.3 Å². The van der Waals surface area contributed by atoms with Crippen LogP contribution in [0.2, 0.25) is 0 Å². The van der Waals surface area contributed by atoms with E-state index in [4.69, 9.17) is 10.00 Å². The molecule has 0 spiro atoms. The Morgan fingerprint density at radius 1 is 1.25 bits per heavy atom. The summed E-state index contributed by atoms with van der Waals surface area (Å²) in [6.07, 6.45) is 0. The van der Waals surface area contributed by atoms with Gasteiger partial charge in [0.25, 0.3) is 0 Å². The van der Waals surface area contributed by atoms with Crippen LogP contribution in [0.4, 0.5) is 0 Å². The molecule has 0 aliphatic heterocycles. The lowest BCUT2D eigenvalue weighted by Crippen LogP contribution is -2.11. The number of aryl methyl sites for hydroxylation is 2. The summed E-state index contributed by atoms with van der Waals surface area (Å²) in [6, 6.07) is 10.0. The molecule has 1 N–H and O–H groups in total. The number of nitrogens with one attached hydrogen (secondary N) is 1. The lowest BCUT2D eigenvalue weighted by molar-refractivity contribution is 0.412. The zero-order valence-corrected chi connectivity index (χ0v) is 12.8. The van der Waals surface area contributed by atoms with Gasteiger partial charge in [0.1, 0.15) is 11.8 Å². The van der Waals surface area contributed by atoms with Crippen molar-refractivity contribution in [2.45, 2.75) is 26.9 Å². The van der Waals surface area contributed by atoms with Crippen molar-refractivity contribution >= 4 is 11.3 Å². The number of thiophene rings is 1. The fourth-order valence-corrected chi connectivity index (χ4v) is 3.03. The molecule has 4 heteroatoms. The second kappa shape index (κ2) is 6.56. The van der Waals surface area contributed by atoms with E-state index in [1.54, 1.807) is 13.2 Å². The molecule has 2 aromatic rings. The number of ether oxygens (including phenoxy) is 1. The number of nitrogens with zero attached hydrogens (tertiary/aromatic N) is 1. The smallest absolute Gasteiger partial charge is 0.136 e. The molecule has 0 radical (unpaired) electrons. The van der Waals surface area contributed by atoms with Gasteiger partial charge in [-0.05, 0) is 43.2 Å². The van der Waals surface area contributed by atoms with Crippen LogP contribution < -0.4 is 10.1 Å². The molecule has 3 nitrogen and oxygen atoms in total. The van der Waals surface area contributed by atoms with E-state index >= 15 is 0 Å². The average Bonchev–Trinajstić information content (AvgIpc) is 2.77. The van der Waals surface area contributed by atoms with Gasteiger partial charge in [0.2, 0.25) is 0 Å². The molecule has 1 aromatic heterocycles. The van der Waals surface area contributed by atoms with Gasteiger partial charge in [-0.25, -0.2) is 0 Å². The molecule has 1 heterocycles. The summed E-state index contributed by atoms with van der Waals surface area (Å²) in [6.45, 7) is 5.91. The van der Waals surface area contributed by atoms with Crippen molar-refractivity contribution in [3.05, 3.63) is 50.7 Å². The second-order valence-electron chi connectivity index (χ2n) is 4.70. The van der Waals surface area contributed by atoms with E-state index in [9.17, 15) is 0 Å². The largest absolute Gasteiger partial charge is 0.495 e. The highest BCUT2D eigenvalue weighted by Gasteiger charge is 2.04. The van der Waals surface area contributed by atoms with Gasteiger partial charge in [-0.1, -0.05) is 6.07 Å². The van der Waals surface area contributed by atoms with Crippen LogP contribution in [-0.4, -0.2) is 7.11 Å². The quantitative estimate of drug-likeness (QED) is 0.914. The van der Waals surface area contributed by atoms with Crippen LogP contribution in [0, 0.1) is 25.2 Å². The molecular weight excluding hydrogens is 268 g/mol. The summed E-state index contributed by atoms with van der Waals surface area (Å²) < 4.78 is 5.21. The molecule has 0 saturated carbocycles. The van der Waals surface area contributed by atoms with Gasteiger partial charge in [0.15, 0.2) is 0 Å². The number of hydrogen-bond donors (Lipinski definition) is 1. The molecule has 0 atom stereocenters. The van der Waals surface area contributed by atoms with E-state index < -0.39 is 0 Å². The summed E-state index contributed by atoms with van der Waals surface area (Å²) in [5, 5.41) is 12.4. The molecule has 0 amide bonds. The van der Waals surface area contributed by atoms with E-state index in [1.807, 2.05) is 23.5 Å². The minimum absolute atomic E-state index is 0.570. The third-order valence-electron chi connectivity index (χ3n) is 3.23. The maximum Gasteiger partial charge on any atom is 0.136 e. The third-order valence-corrected chi connectivity index (χ3v) is 4.38. The number of methoxy groups -OCH3 is 1. The number of rotatable bonds is 5. The van der Waals surface area contributed by atoms with Crippen LogP contribution in [0.3, 0.4) is 0 Å². The Morgan fingerprint density at radius 2 is 2.05 bits per heavy atom. The third kappa shape index (κ3) is 3.38. The SMILES string of the molecule is COc1cc(CNCc2cc(C)c(C)s2)ccc1C#N. The first-order valence-corrected chi connectivity index (χ1v) is 7.29. The zero-order valence-electron chi connectivity index (χ0n) is 12.0. The van der Waals surface area contributed by atoms with Crippen molar-refractivity contribution in [1.29, 1.82) is 5.26 Å². The van der Waals surface area contributed by atoms with E-state index in [0.717, 1.165) is 18.7 Å². The molecule has 104 valence electrons. The van der Waals surface area contributed by atoms with Crippen LogP contribution in [0.15, 0.2) is 24.3 Å². The van der Waals surface area contributed by atoms with Crippen molar-refractivity contribution in [2.24, 2.45) is 0 Å². The topological polar surface area (TPSA) is 45.0 Å². The Balaban J connectivity index is 1.96. The molecule has 0 saturated heterocycles. The van der Waals surface area contributed by atoms with Crippen molar-refractivity contribution < 1.29 is 4.74 Å². The summed E-state index contributed by atoms with van der Waals surface area (Å²) in [4.78, 5) is 2.72. The molecule has 2 rings (SSSR count). The zero-order chi connectivity index (χ0) is 14.5. The Labute approximate surface area is 123 Å². The van der Waals surface area contributed by atoms with E-state index in [-0.39, 0.29) is 0 Å². The molecular formula is C16H18N2OS. The molecule has 0 aliphatic rings. The van der Waals surface area contributed by atoms with Crippen molar-refractivity contribution in [1.82, 2.24) is 5.32 Å². The van der Waals surface area contributed by atoms with Crippen molar-refractivity contribution in [3.8, 4) is 11.8 Å². The minimum Gasteiger partial charge on any atom is -0.495 e. The minimum atomic E-state index is 0.570. The van der Waals surface area contributed by atoms with Gasteiger partial charge in [-0.15, -0.1) is 11.3 Å². The molecule has 0 unspecified atom stereocenters. The Hall–Kier alpha value is -1.83. The summed E-state index contributed by atoms with van der Waals surface area (Å²) in [5.41, 5.74) is 3.04. The lowest BCUT2D eigenvalue weighted by Gasteiger charge is -2.07. The fraction of sp³-hybridized carbons (Fsp3) is 0.312. The summed E-state index contributed by atoms with van der Waals surface area (Å²) >= 11 is 1.83. The first-order chi connectivity index (χ1) is 9.63. The van der Waals surface area contributed by atoms with Gasteiger partial charge in [0, 0.05) is 22.8 Å². The maximum absolute atomic E-state index is 8.95. The standard InChI is InChI=1S/C16H18N2OS/c1-11-6-15(20-12(11)2)10-18-9-13-4-5-14(8-17)16(7-13)19-3/h4-7,18H,9-10H2,1-3H3. The monoisotopic (exact) mass is 286 g/mol. The van der Waals surface area contributed by atoms with Crippen molar-refractivity contribution in [3.63, 3.8) is 0 Å². The van der Waals surface area contributed by atoms with Crippen LogP contribution in [0.1, 0.15) is 26.4 Å². The molecule has 0 fully saturated rings. The molecule has 0 aliphatic carbocycles. The second-order valence-corrected chi connectivity index (χ2v) is 6.04. The van der Waals surface area contributed by atoms with Gasteiger partial charge in [0.05, 0.1) is 12.7 Å². The average molecular weight is 286 g/mol. The highest BCUT2D eigenvalue weighted by Crippen LogP contribution is 2.21. The first kappa shape index (κ1) is 14.6. The Kier molecular flexibility index (Phi) is 4.78. The maximum atomic E-state index is 8.95. The van der Waals surface area contributed by atoms with E-state index in [0.29, 0.717) is 11.3 Å². The van der Waals surface area contributed by atoms with Gasteiger partial charge in [-0.3, -0.25) is 0 Å². The summed E-state index contributed by atoms with van der Waals surface area (Å²) in [7, 11) is 1.59. The first-order valence-electron chi connectivity index (χ1n) is 6.47. The van der Waals surface area contributed by atoms with E-state index in [1.165, 1.54) is 15.3 Å². The molecule has 0 bridgehead atoms. The Morgan fingerprint density at radius 3 is 2.65 bits per heavy atom. The van der Waals surface area contributed by atoms with Crippen LogP contribution >= 0.6 is 11.3 Å². The Bertz CT molecular complexity index is 621. The predicted octanol–water partition coefficient (Wildman–Crippen LogP) is 3.54. The number of hydrogen-bond acceptors (Lipinski definition) is 4. The molecule has 1 aromatic carbocycles. The normalized spacial score (nSPS) is 10.3. The molecule has 20 heavy (non-hydrogen) atoms. The number of nitriles is 1. The lowest BCUT2D eigenvalue weighted by atomic mass is 10.1.